The zero-order chi connectivity index (χ0) is 4.28. The maximum absolute atomic E-state index is 10.3. The van der Waals surface area contributed by atoms with Crippen molar-refractivity contribution in [3.05, 3.63) is 12.3 Å². The highest BCUT2D eigenvalue weighted by Gasteiger charge is 1.79. The van der Waals surface area contributed by atoms with Gasteiger partial charge in [-0.2, -0.15) is 8.78 Å². The van der Waals surface area contributed by atoms with E-state index < -0.39 is 12.3 Å². The van der Waals surface area contributed by atoms with Crippen LogP contribution in [0.3, 0.4) is 0 Å². The van der Waals surface area contributed by atoms with Crippen molar-refractivity contribution < 1.29 is 13.9 Å². The first-order valence-corrected chi connectivity index (χ1v) is 0.902. The average Bonchev–Trinajstić information content (AvgIpc) is 1.38. The van der Waals surface area contributed by atoms with Crippen LogP contribution >= 0.6 is 0 Å². The fraction of sp³-hybridized carbons (Fsp3) is 0. The van der Waals surface area contributed by atoms with Crippen LogP contribution in [0.15, 0.2) is 12.3 Å². The lowest BCUT2D eigenvalue weighted by Crippen LogP contribution is -1.47. The van der Waals surface area contributed by atoms with Crippen LogP contribution in [-0.2, 0) is 5.11 Å². The third kappa shape index (κ3) is 3.40. The minimum Gasteiger partial charge on any atom is -0.293 e. The normalized spacial score (nSPS) is 6.80. The van der Waals surface area contributed by atoms with Gasteiger partial charge in [0.1, 0.15) is 0 Å². The maximum atomic E-state index is 10.3. The molecule has 0 fully saturated rings. The summed E-state index contributed by atoms with van der Waals surface area (Å²) in [6.07, 6.45) is -2.68. The van der Waals surface area contributed by atoms with Crippen molar-refractivity contribution in [2.24, 2.45) is 0 Å². The number of hydrogen-bond donors (Lipinski definition) is 0. The highest BCUT2D eigenvalue weighted by Crippen LogP contribution is 1.90. The van der Waals surface area contributed by atoms with Crippen molar-refractivity contribution >= 4 is 0 Å². The first-order chi connectivity index (χ1) is 2.27. The molecule has 29 valence electrons. The molecule has 0 atom stereocenters. The largest absolute Gasteiger partial charge is 0.309 e. The summed E-state index contributed by atoms with van der Waals surface area (Å²) in [7, 11) is 0. The third-order valence-corrected chi connectivity index (χ3v) is 0.0891. The van der Waals surface area contributed by atoms with E-state index in [1.165, 1.54) is 0 Å². The van der Waals surface area contributed by atoms with Gasteiger partial charge in [0.15, 0.2) is 0 Å². The van der Waals surface area contributed by atoms with E-state index in [-0.39, 0.29) is 0 Å². The van der Waals surface area contributed by atoms with Crippen molar-refractivity contribution in [1.82, 2.24) is 0 Å². The Bertz CT molecular complexity index is 45.6. The molecule has 0 rings (SSSR count). The van der Waals surface area contributed by atoms with E-state index in [0.717, 1.165) is 0 Å². The predicted octanol–water partition coefficient (Wildman–Crippen LogP) is 1.15. The first-order valence-electron chi connectivity index (χ1n) is 0.902. The summed E-state index contributed by atoms with van der Waals surface area (Å²) < 4.78 is 20.6. The fourth-order valence-electron chi connectivity index (χ4n) is 0. The lowest BCUT2D eigenvalue weighted by molar-refractivity contribution is 0.295. The van der Waals surface area contributed by atoms with E-state index in [9.17, 15) is 8.78 Å². The summed E-state index contributed by atoms with van der Waals surface area (Å²) in [6, 6.07) is 0. The standard InChI is InChI=1S/C2HF2O/c3-2(4)1-5/h1H. The molecule has 0 aromatic rings. The van der Waals surface area contributed by atoms with Crippen LogP contribution < -0.4 is 0 Å². The molecule has 0 amide bonds. The van der Waals surface area contributed by atoms with Gasteiger partial charge in [-0.3, -0.25) is 5.11 Å². The van der Waals surface area contributed by atoms with E-state index in [4.69, 9.17) is 5.11 Å². The second-order valence-electron chi connectivity index (χ2n) is 0.407. The molecule has 0 bridgehead atoms. The Morgan fingerprint density at radius 3 is 1.80 bits per heavy atom. The fourth-order valence-corrected chi connectivity index (χ4v) is 0. The van der Waals surface area contributed by atoms with Crippen molar-refractivity contribution in [2.75, 3.05) is 0 Å². The van der Waals surface area contributed by atoms with Gasteiger partial charge in [-0.05, 0) is 0 Å². The third-order valence-electron chi connectivity index (χ3n) is 0.0891. The number of hydrogen-bond acceptors (Lipinski definition) is 0. The van der Waals surface area contributed by atoms with Crippen LogP contribution in [0.25, 0.3) is 0 Å². The molecule has 0 aromatic heterocycles. The summed E-state index contributed by atoms with van der Waals surface area (Å²) in [5.41, 5.74) is 0. The van der Waals surface area contributed by atoms with E-state index >= 15 is 0 Å². The molecule has 1 radical (unpaired) electrons. The minimum absolute atomic E-state index is 0.500. The molecule has 0 N–H and O–H groups in total. The van der Waals surface area contributed by atoms with Gasteiger partial charge < -0.3 is 0 Å². The summed E-state index contributed by atoms with van der Waals surface area (Å²) in [6.45, 7) is 0. The van der Waals surface area contributed by atoms with Crippen LogP contribution in [0.1, 0.15) is 0 Å². The monoisotopic (exact) mass is 79.0 g/mol. The second kappa shape index (κ2) is 1.69. The van der Waals surface area contributed by atoms with Gasteiger partial charge in [0, 0.05) is 0 Å². The van der Waals surface area contributed by atoms with Crippen molar-refractivity contribution in [2.45, 2.75) is 0 Å². The van der Waals surface area contributed by atoms with Crippen LogP contribution in [0.5, 0.6) is 0 Å². The maximum Gasteiger partial charge on any atom is 0.309 e. The molecule has 0 aromatic carbocycles. The molecule has 1 nitrogen and oxygen atoms in total. The zero-order valence-electron chi connectivity index (χ0n) is 2.24. The Hall–Kier alpha value is -0.600. The van der Waals surface area contributed by atoms with Gasteiger partial charge in [0.2, 0.25) is 6.26 Å². The van der Waals surface area contributed by atoms with E-state index in [1.807, 2.05) is 0 Å². The molecule has 0 aliphatic rings. The van der Waals surface area contributed by atoms with Crippen LogP contribution in [-0.4, -0.2) is 0 Å². The second-order valence-corrected chi connectivity index (χ2v) is 0.407. The topological polar surface area (TPSA) is 19.9 Å². The zero-order valence-corrected chi connectivity index (χ0v) is 2.24. The quantitative estimate of drug-likeness (QED) is 0.388. The Balaban J connectivity index is 3.14. The van der Waals surface area contributed by atoms with E-state index in [2.05, 4.69) is 0 Å². The Kier molecular flexibility index (Phi) is 1.49. The van der Waals surface area contributed by atoms with Crippen LogP contribution in [0.4, 0.5) is 8.78 Å². The molecule has 0 unspecified atom stereocenters. The number of rotatable bonds is 0. The van der Waals surface area contributed by atoms with Crippen molar-refractivity contribution in [3.8, 4) is 0 Å². The summed E-state index contributed by atoms with van der Waals surface area (Å²) >= 11 is 0. The molecule has 5 heavy (non-hydrogen) atoms. The van der Waals surface area contributed by atoms with E-state index in [0.29, 0.717) is 0 Å². The van der Waals surface area contributed by atoms with Gasteiger partial charge in [-0.1, -0.05) is 0 Å². The Morgan fingerprint density at radius 2 is 1.80 bits per heavy atom. The molecule has 0 heterocycles. The molecule has 0 aliphatic heterocycles. The lowest BCUT2D eigenvalue weighted by atomic mass is 11.1. The lowest BCUT2D eigenvalue weighted by Gasteiger charge is -1.59. The molecule has 0 saturated heterocycles. The molecule has 0 saturated carbocycles. The van der Waals surface area contributed by atoms with Gasteiger partial charge in [0.25, 0.3) is 0 Å². The molecule has 3 heteroatoms. The van der Waals surface area contributed by atoms with Crippen molar-refractivity contribution in [3.63, 3.8) is 0 Å². The molecular formula is C2HF2O. The molecule has 0 aliphatic carbocycles. The van der Waals surface area contributed by atoms with Gasteiger partial charge >= 0.3 is 6.08 Å². The summed E-state index contributed by atoms with van der Waals surface area (Å²) in [5.74, 6) is 0. The molecule has 0 spiro atoms. The van der Waals surface area contributed by atoms with Gasteiger partial charge in [-0.25, -0.2) is 0 Å². The highest BCUT2D eigenvalue weighted by atomic mass is 19.3. The first kappa shape index (κ1) is 4.40. The number of halogens is 2. The summed E-state index contributed by atoms with van der Waals surface area (Å²) in [5, 5.41) is 8.72. The smallest absolute Gasteiger partial charge is 0.293 e. The van der Waals surface area contributed by atoms with E-state index in [1.54, 1.807) is 0 Å². The molecular weight excluding hydrogens is 78.0 g/mol. The highest BCUT2D eigenvalue weighted by molar-refractivity contribution is 4.65. The van der Waals surface area contributed by atoms with Gasteiger partial charge in [0.05, 0.1) is 0 Å². The van der Waals surface area contributed by atoms with Gasteiger partial charge in [-0.15, -0.1) is 0 Å². The Morgan fingerprint density at radius 1 is 1.60 bits per heavy atom. The Labute approximate surface area is 27.5 Å². The summed E-state index contributed by atoms with van der Waals surface area (Å²) in [4.78, 5) is 0. The van der Waals surface area contributed by atoms with Crippen molar-refractivity contribution in [1.29, 1.82) is 0 Å². The minimum atomic E-state index is -2.18. The van der Waals surface area contributed by atoms with Crippen LogP contribution in [0, 0.1) is 0 Å². The van der Waals surface area contributed by atoms with Crippen LogP contribution in [0.2, 0.25) is 0 Å². The predicted molar refractivity (Wildman–Crippen MR) is 11.0 cm³/mol. The average molecular weight is 79.0 g/mol. The SMILES string of the molecule is [O]C=C(F)F.